The topological polar surface area (TPSA) is 69.6 Å². The number of hydrogen-bond acceptors (Lipinski definition) is 5. The summed E-state index contributed by atoms with van der Waals surface area (Å²) in [5.74, 6) is 1.80. The van der Waals surface area contributed by atoms with Gasteiger partial charge in [-0.25, -0.2) is 15.0 Å². The highest BCUT2D eigenvalue weighted by molar-refractivity contribution is 6.21. The predicted molar refractivity (Wildman–Crippen MR) is 218 cm³/mol. The minimum atomic E-state index is 0.581. The fraction of sp³-hybridized carbons (Fsp3) is 0. The van der Waals surface area contributed by atoms with Crippen molar-refractivity contribution in [3.63, 3.8) is 0 Å². The van der Waals surface area contributed by atoms with Gasteiger partial charge < -0.3 is 8.98 Å². The van der Waals surface area contributed by atoms with Gasteiger partial charge in [0.15, 0.2) is 23.1 Å². The zero-order chi connectivity index (χ0) is 35.6. The Morgan fingerprint density at radius 3 is 1.81 bits per heavy atom. The molecule has 0 spiro atoms. The van der Waals surface area contributed by atoms with Gasteiger partial charge in [-0.3, -0.25) is 4.98 Å². The first-order chi connectivity index (χ1) is 26.7. The number of nitrogens with zero attached hydrogens (tertiary/aromatic N) is 5. The lowest BCUT2D eigenvalue weighted by Gasteiger charge is -2.11. The summed E-state index contributed by atoms with van der Waals surface area (Å²) in [6.45, 7) is 0. The smallest absolute Gasteiger partial charge is 0.164 e. The van der Waals surface area contributed by atoms with Gasteiger partial charge in [-0.2, -0.15) is 0 Å². The van der Waals surface area contributed by atoms with E-state index >= 15 is 0 Å². The van der Waals surface area contributed by atoms with Crippen molar-refractivity contribution in [1.29, 1.82) is 0 Å². The molecule has 252 valence electrons. The molecule has 7 aromatic carbocycles. The molecule has 0 unspecified atom stereocenters. The molecule has 0 bridgehead atoms. The Balaban J connectivity index is 0.960. The zero-order valence-electron chi connectivity index (χ0n) is 28.9. The molecule has 0 saturated carbocycles. The number of hydrogen-bond donors (Lipinski definition) is 0. The molecule has 0 amide bonds. The van der Waals surface area contributed by atoms with Gasteiger partial charge in [0.2, 0.25) is 0 Å². The molecule has 0 N–H and O–H groups in total. The summed E-state index contributed by atoms with van der Waals surface area (Å²) in [5, 5.41) is 7.12. The number of fused-ring (bicyclic) bond motifs is 8. The molecule has 0 aliphatic rings. The summed E-state index contributed by atoms with van der Waals surface area (Å²) in [7, 11) is 0. The molecule has 4 aromatic heterocycles. The van der Waals surface area contributed by atoms with Gasteiger partial charge in [-0.05, 0) is 64.4 Å². The van der Waals surface area contributed by atoms with Crippen molar-refractivity contribution in [2.75, 3.05) is 0 Å². The number of aromatic nitrogens is 5. The largest absolute Gasteiger partial charge is 0.454 e. The first-order valence-electron chi connectivity index (χ1n) is 18.0. The van der Waals surface area contributed by atoms with Gasteiger partial charge >= 0.3 is 0 Å². The molecule has 0 fully saturated rings. The Morgan fingerprint density at radius 2 is 1.02 bits per heavy atom. The van der Waals surface area contributed by atoms with E-state index < -0.39 is 0 Å². The Hall–Kier alpha value is -7.44. The van der Waals surface area contributed by atoms with Crippen LogP contribution >= 0.6 is 0 Å². The van der Waals surface area contributed by atoms with E-state index in [1.807, 2.05) is 48.5 Å². The lowest BCUT2D eigenvalue weighted by atomic mass is 10.0. The fourth-order valence-electron chi connectivity index (χ4n) is 7.75. The van der Waals surface area contributed by atoms with Gasteiger partial charge in [-0.15, -0.1) is 0 Å². The van der Waals surface area contributed by atoms with Crippen molar-refractivity contribution in [2.24, 2.45) is 0 Å². The molecule has 0 aliphatic carbocycles. The van der Waals surface area contributed by atoms with Gasteiger partial charge in [0.1, 0.15) is 5.58 Å². The van der Waals surface area contributed by atoms with Crippen molar-refractivity contribution in [2.45, 2.75) is 0 Å². The lowest BCUT2D eigenvalue weighted by Crippen LogP contribution is -2.00. The van der Waals surface area contributed by atoms with Crippen molar-refractivity contribution in [1.82, 2.24) is 24.5 Å². The third kappa shape index (κ3) is 4.89. The van der Waals surface area contributed by atoms with Crippen LogP contribution in [0.25, 0.3) is 105 Å². The second kappa shape index (κ2) is 12.1. The summed E-state index contributed by atoms with van der Waals surface area (Å²) < 4.78 is 8.52. The highest BCUT2D eigenvalue weighted by atomic mass is 16.3. The van der Waals surface area contributed by atoms with Crippen LogP contribution in [0.2, 0.25) is 0 Å². The van der Waals surface area contributed by atoms with E-state index in [9.17, 15) is 0 Å². The monoisotopic (exact) mass is 691 g/mol. The average molecular weight is 692 g/mol. The number of rotatable bonds is 5. The maximum Gasteiger partial charge on any atom is 0.164 e. The standard InChI is InChI=1S/C48H29N5O/c1-2-9-33(10-3-1)46-50-47(52-48(51-46)35-20-24-38-39-26-27-49-29-44(39)54-43(38)28-35)34-16-14-30(15-17-34)31-18-22-36(23-19-31)53-41-13-7-6-12-40(41)45-37-11-5-4-8-32(37)21-25-42(45)53/h1-29H. The first kappa shape index (κ1) is 30.2. The number of pyridine rings is 1. The quantitative estimate of drug-likeness (QED) is 0.180. The minimum Gasteiger partial charge on any atom is -0.454 e. The Labute approximate surface area is 309 Å². The maximum atomic E-state index is 6.15. The van der Waals surface area contributed by atoms with E-state index in [2.05, 4.69) is 125 Å². The molecule has 6 heteroatoms. The molecule has 54 heavy (non-hydrogen) atoms. The lowest BCUT2D eigenvalue weighted by molar-refractivity contribution is 0.667. The van der Waals surface area contributed by atoms with E-state index in [1.165, 1.54) is 32.6 Å². The summed E-state index contributed by atoms with van der Waals surface area (Å²) in [5.41, 5.74) is 9.96. The summed E-state index contributed by atoms with van der Waals surface area (Å²) in [6.07, 6.45) is 3.53. The van der Waals surface area contributed by atoms with Crippen LogP contribution in [0.15, 0.2) is 181 Å². The van der Waals surface area contributed by atoms with Crippen LogP contribution in [0.1, 0.15) is 0 Å². The molecule has 0 atom stereocenters. The van der Waals surface area contributed by atoms with Crippen LogP contribution in [-0.4, -0.2) is 24.5 Å². The van der Waals surface area contributed by atoms with Crippen molar-refractivity contribution in [3.05, 3.63) is 176 Å². The third-order valence-electron chi connectivity index (χ3n) is 10.4. The zero-order valence-corrected chi connectivity index (χ0v) is 28.9. The molecule has 4 heterocycles. The van der Waals surface area contributed by atoms with E-state index in [4.69, 9.17) is 19.4 Å². The molecule has 6 nitrogen and oxygen atoms in total. The van der Waals surface area contributed by atoms with Crippen molar-refractivity contribution < 1.29 is 4.42 Å². The highest BCUT2D eigenvalue weighted by Gasteiger charge is 2.17. The Kier molecular flexibility index (Phi) is 6.75. The summed E-state index contributed by atoms with van der Waals surface area (Å²) in [4.78, 5) is 19.1. The number of furan rings is 1. The Morgan fingerprint density at radius 1 is 0.407 bits per heavy atom. The molecular formula is C48H29N5O. The van der Waals surface area contributed by atoms with Gasteiger partial charge in [-0.1, -0.05) is 121 Å². The third-order valence-corrected chi connectivity index (χ3v) is 10.4. The highest BCUT2D eigenvalue weighted by Crippen LogP contribution is 2.38. The van der Waals surface area contributed by atoms with Crippen LogP contribution in [-0.2, 0) is 0 Å². The van der Waals surface area contributed by atoms with Crippen LogP contribution in [0, 0.1) is 0 Å². The van der Waals surface area contributed by atoms with Gasteiger partial charge in [0.05, 0.1) is 17.2 Å². The second-order valence-corrected chi connectivity index (χ2v) is 13.5. The normalized spacial score (nSPS) is 11.7. The maximum absolute atomic E-state index is 6.15. The van der Waals surface area contributed by atoms with E-state index in [0.717, 1.165) is 55.4 Å². The van der Waals surface area contributed by atoms with E-state index in [1.54, 1.807) is 12.4 Å². The molecule has 11 rings (SSSR count). The SMILES string of the molecule is c1ccc(-c2nc(-c3ccc(-c4ccc(-n5c6ccccc6c6c7ccccc7ccc65)cc4)cc3)nc(-c3ccc4c(c3)oc3cnccc34)n2)cc1. The van der Waals surface area contributed by atoms with Crippen LogP contribution in [0.5, 0.6) is 0 Å². The van der Waals surface area contributed by atoms with E-state index in [0.29, 0.717) is 17.5 Å². The molecular weight excluding hydrogens is 663 g/mol. The van der Waals surface area contributed by atoms with Crippen LogP contribution in [0.3, 0.4) is 0 Å². The number of benzene rings is 7. The van der Waals surface area contributed by atoms with Gasteiger partial charge in [0, 0.05) is 50.1 Å². The fourth-order valence-corrected chi connectivity index (χ4v) is 7.75. The molecule has 0 aliphatic heterocycles. The average Bonchev–Trinajstić information content (AvgIpc) is 3.80. The second-order valence-electron chi connectivity index (χ2n) is 13.5. The first-order valence-corrected chi connectivity index (χ1v) is 18.0. The summed E-state index contributed by atoms with van der Waals surface area (Å²) in [6, 6.07) is 57.1. The van der Waals surface area contributed by atoms with Crippen LogP contribution in [0.4, 0.5) is 0 Å². The van der Waals surface area contributed by atoms with Crippen LogP contribution < -0.4 is 0 Å². The molecule has 11 aromatic rings. The van der Waals surface area contributed by atoms with Crippen molar-refractivity contribution in [3.8, 4) is 51.0 Å². The minimum absolute atomic E-state index is 0.581. The van der Waals surface area contributed by atoms with Gasteiger partial charge in [0.25, 0.3) is 0 Å². The van der Waals surface area contributed by atoms with E-state index in [-0.39, 0.29) is 0 Å². The molecule has 0 radical (unpaired) electrons. The van der Waals surface area contributed by atoms with Crippen molar-refractivity contribution >= 4 is 54.5 Å². The molecule has 0 saturated heterocycles. The predicted octanol–water partition coefficient (Wildman–Crippen LogP) is 12.1. The summed E-state index contributed by atoms with van der Waals surface area (Å²) >= 11 is 0. The number of para-hydroxylation sites is 1. The Bertz CT molecular complexity index is 3200.